The van der Waals surface area contributed by atoms with Crippen LogP contribution in [0.25, 0.3) is 88.7 Å². The molecule has 0 saturated carbocycles. The van der Waals surface area contributed by atoms with Crippen molar-refractivity contribution in [2.45, 2.75) is 0 Å². The van der Waals surface area contributed by atoms with Crippen LogP contribution in [0.3, 0.4) is 0 Å². The van der Waals surface area contributed by atoms with Gasteiger partial charge in [-0.2, -0.15) is 0 Å². The Bertz CT molecular complexity index is 3270. The number of rotatable bonds is 9. The largest absolute Gasteiger partial charge is 0.456 e. The van der Waals surface area contributed by atoms with Crippen molar-refractivity contribution in [3.8, 4) is 67.0 Å². The highest BCUT2D eigenvalue weighted by molar-refractivity contribution is 5.91. The smallest absolute Gasteiger partial charge is 0.136 e. The molecule has 1 heterocycles. The molecule has 0 spiro atoms. The number of hydrogen-bond donors (Lipinski definition) is 0. The second-order valence-corrected chi connectivity index (χ2v) is 15.7. The highest BCUT2D eigenvalue weighted by Crippen LogP contribution is 2.40. The molecular weight excluding hydrogens is 751 g/mol. The lowest BCUT2D eigenvalue weighted by atomic mass is 9.94. The van der Waals surface area contributed by atoms with Gasteiger partial charge in [0.1, 0.15) is 11.3 Å². The normalized spacial score (nSPS) is 11.2. The first kappa shape index (κ1) is 36.8. The van der Waals surface area contributed by atoms with E-state index in [-0.39, 0.29) is 0 Å². The van der Waals surface area contributed by atoms with Crippen LogP contribution in [0, 0.1) is 0 Å². The summed E-state index contributed by atoms with van der Waals surface area (Å²) in [6.07, 6.45) is 0. The van der Waals surface area contributed by atoms with E-state index in [0.717, 1.165) is 61.6 Å². The maximum absolute atomic E-state index is 6.29. The Balaban J connectivity index is 0.921. The average molecular weight is 792 g/mol. The van der Waals surface area contributed by atoms with Crippen molar-refractivity contribution >= 4 is 38.8 Å². The van der Waals surface area contributed by atoms with Gasteiger partial charge in [0.25, 0.3) is 0 Å². The molecule has 11 aromatic rings. The quantitative estimate of drug-likeness (QED) is 0.145. The fourth-order valence-corrected chi connectivity index (χ4v) is 8.72. The minimum Gasteiger partial charge on any atom is -0.456 e. The minimum atomic E-state index is 0.876. The zero-order valence-electron chi connectivity index (χ0n) is 34.0. The average Bonchev–Trinajstić information content (AvgIpc) is 3.80. The Morgan fingerprint density at radius 1 is 0.242 bits per heavy atom. The van der Waals surface area contributed by atoms with Gasteiger partial charge in [-0.3, -0.25) is 0 Å². The van der Waals surface area contributed by atoms with Gasteiger partial charge >= 0.3 is 0 Å². The summed E-state index contributed by atoms with van der Waals surface area (Å²) in [4.78, 5) is 2.35. The summed E-state index contributed by atoms with van der Waals surface area (Å²) in [6.45, 7) is 0. The molecule has 2 nitrogen and oxygen atoms in total. The van der Waals surface area contributed by atoms with Crippen LogP contribution < -0.4 is 4.90 Å². The molecule has 1 aromatic heterocycles. The SMILES string of the molecule is c1ccc(-c2ccccc2-c2ccc(N(c3ccc(-c4ccc(-c5ccccc5-c5cc6ccccc6o5)cc4)cc3)c3ccc(-c4ccc5ccccc5c4)cc3)cc2)cc1. The topological polar surface area (TPSA) is 16.4 Å². The van der Waals surface area contributed by atoms with Crippen LogP contribution in [0.1, 0.15) is 0 Å². The molecule has 0 fully saturated rings. The molecule has 0 aliphatic heterocycles. The van der Waals surface area contributed by atoms with E-state index in [9.17, 15) is 0 Å². The molecule has 10 aromatic carbocycles. The lowest BCUT2D eigenvalue weighted by molar-refractivity contribution is 0.632. The van der Waals surface area contributed by atoms with Gasteiger partial charge in [0.2, 0.25) is 0 Å². The number of anilines is 3. The van der Waals surface area contributed by atoms with Crippen molar-refractivity contribution in [3.63, 3.8) is 0 Å². The maximum Gasteiger partial charge on any atom is 0.136 e. The molecule has 0 saturated heterocycles. The van der Waals surface area contributed by atoms with Crippen molar-refractivity contribution in [1.29, 1.82) is 0 Å². The number of fused-ring (bicyclic) bond motifs is 2. The number of para-hydroxylation sites is 1. The van der Waals surface area contributed by atoms with E-state index in [1.54, 1.807) is 0 Å². The minimum absolute atomic E-state index is 0.876. The van der Waals surface area contributed by atoms with Crippen LogP contribution in [0.4, 0.5) is 17.1 Å². The molecule has 0 bridgehead atoms. The van der Waals surface area contributed by atoms with E-state index in [1.807, 2.05) is 18.2 Å². The lowest BCUT2D eigenvalue weighted by Crippen LogP contribution is -2.09. The Morgan fingerprint density at radius 3 is 1.21 bits per heavy atom. The molecule has 0 radical (unpaired) electrons. The summed E-state index contributed by atoms with van der Waals surface area (Å²) in [5.41, 5.74) is 17.1. The van der Waals surface area contributed by atoms with E-state index in [0.29, 0.717) is 0 Å². The van der Waals surface area contributed by atoms with E-state index in [2.05, 4.69) is 235 Å². The van der Waals surface area contributed by atoms with Gasteiger partial charge in [-0.1, -0.05) is 194 Å². The van der Waals surface area contributed by atoms with Crippen LogP contribution in [0.5, 0.6) is 0 Å². The predicted molar refractivity (Wildman–Crippen MR) is 261 cm³/mol. The van der Waals surface area contributed by atoms with Crippen molar-refractivity contribution in [2.75, 3.05) is 4.90 Å². The molecule has 0 aliphatic rings. The second kappa shape index (κ2) is 16.1. The summed E-state index contributed by atoms with van der Waals surface area (Å²) in [6, 6.07) is 89.0. The highest BCUT2D eigenvalue weighted by atomic mass is 16.3. The number of hydrogen-bond acceptors (Lipinski definition) is 2. The van der Waals surface area contributed by atoms with Gasteiger partial charge < -0.3 is 9.32 Å². The first-order valence-electron chi connectivity index (χ1n) is 21.2. The van der Waals surface area contributed by atoms with Crippen molar-refractivity contribution in [2.24, 2.45) is 0 Å². The number of furan rings is 1. The zero-order chi connectivity index (χ0) is 41.2. The summed E-state index contributed by atoms with van der Waals surface area (Å²) in [7, 11) is 0. The molecule has 0 N–H and O–H groups in total. The van der Waals surface area contributed by atoms with E-state index in [4.69, 9.17) is 4.42 Å². The van der Waals surface area contributed by atoms with Crippen LogP contribution in [-0.2, 0) is 0 Å². The Labute approximate surface area is 362 Å². The molecule has 2 heteroatoms. The fraction of sp³-hybridized carbons (Fsp3) is 0. The van der Waals surface area contributed by atoms with Crippen LogP contribution >= 0.6 is 0 Å². The molecule has 0 aliphatic carbocycles. The fourth-order valence-electron chi connectivity index (χ4n) is 8.72. The van der Waals surface area contributed by atoms with Gasteiger partial charge in [0, 0.05) is 28.0 Å². The molecule has 0 unspecified atom stereocenters. The molecule has 11 rings (SSSR count). The van der Waals surface area contributed by atoms with Crippen LogP contribution in [0.2, 0.25) is 0 Å². The predicted octanol–water partition coefficient (Wildman–Crippen LogP) is 17.1. The van der Waals surface area contributed by atoms with Crippen molar-refractivity contribution in [1.82, 2.24) is 0 Å². The summed E-state index contributed by atoms with van der Waals surface area (Å²) < 4.78 is 6.29. The van der Waals surface area contributed by atoms with Crippen LogP contribution in [0.15, 0.2) is 253 Å². The first-order valence-corrected chi connectivity index (χ1v) is 21.2. The highest BCUT2D eigenvalue weighted by Gasteiger charge is 2.16. The van der Waals surface area contributed by atoms with E-state index >= 15 is 0 Å². The monoisotopic (exact) mass is 791 g/mol. The molecule has 292 valence electrons. The lowest BCUT2D eigenvalue weighted by Gasteiger charge is -2.26. The second-order valence-electron chi connectivity index (χ2n) is 15.7. The first-order chi connectivity index (χ1) is 30.7. The third kappa shape index (κ3) is 7.14. The summed E-state index contributed by atoms with van der Waals surface area (Å²) >= 11 is 0. The van der Waals surface area contributed by atoms with Gasteiger partial charge in [-0.15, -0.1) is 0 Å². The zero-order valence-corrected chi connectivity index (χ0v) is 34.0. The van der Waals surface area contributed by atoms with Crippen LogP contribution in [-0.4, -0.2) is 0 Å². The van der Waals surface area contributed by atoms with E-state index < -0.39 is 0 Å². The van der Waals surface area contributed by atoms with E-state index in [1.165, 1.54) is 44.2 Å². The summed E-state index contributed by atoms with van der Waals surface area (Å²) in [5, 5.41) is 3.60. The third-order valence-corrected chi connectivity index (χ3v) is 11.9. The maximum atomic E-state index is 6.29. The Hall–Kier alpha value is -8.20. The summed E-state index contributed by atoms with van der Waals surface area (Å²) in [5.74, 6) is 0.876. The number of benzene rings is 10. The Morgan fingerprint density at radius 2 is 0.629 bits per heavy atom. The third-order valence-electron chi connectivity index (χ3n) is 11.9. The van der Waals surface area contributed by atoms with Crippen molar-refractivity contribution in [3.05, 3.63) is 249 Å². The number of nitrogens with zero attached hydrogens (tertiary/aromatic N) is 1. The molecule has 0 atom stereocenters. The van der Waals surface area contributed by atoms with Gasteiger partial charge in [-0.05, 0) is 121 Å². The van der Waals surface area contributed by atoms with Crippen molar-refractivity contribution < 1.29 is 4.42 Å². The van der Waals surface area contributed by atoms with Gasteiger partial charge in [-0.25, -0.2) is 0 Å². The van der Waals surface area contributed by atoms with Gasteiger partial charge in [0.15, 0.2) is 0 Å². The Kier molecular flexibility index (Phi) is 9.57. The molecule has 0 amide bonds. The molecular formula is C60H41NO. The standard InChI is InChI=1S/C60H41NO/c1-2-13-46(14-3-1)55-17-7-8-18-56(55)48-32-38-54(39-33-48)61(53-36-30-45(31-37-53)50-27-24-42-12-4-5-15-49(42)40-50)52-34-28-44(29-35-52)43-22-25-47(26-23-43)57-19-9-10-20-58(57)60-41-51-16-6-11-21-59(51)62-60/h1-41H. The van der Waals surface area contributed by atoms with Gasteiger partial charge in [0.05, 0.1) is 0 Å². The molecule has 62 heavy (non-hydrogen) atoms.